The van der Waals surface area contributed by atoms with Crippen LogP contribution in [0.3, 0.4) is 0 Å². The maximum absolute atomic E-state index is 14.1. The molecule has 7 heteroatoms. The van der Waals surface area contributed by atoms with Gasteiger partial charge in [0.2, 0.25) is 0 Å². The summed E-state index contributed by atoms with van der Waals surface area (Å²) < 4.78 is 28.2. The number of nitrogens with one attached hydrogen (secondary N) is 2. The molecule has 0 radical (unpaired) electrons. The van der Waals surface area contributed by atoms with Gasteiger partial charge in [0, 0.05) is 40.4 Å². The Hall–Kier alpha value is -4.62. The number of anilines is 1. The fourth-order valence-electron chi connectivity index (χ4n) is 4.94. The molecule has 1 heterocycles. The van der Waals surface area contributed by atoms with Crippen LogP contribution in [0.15, 0.2) is 97.1 Å². The topological polar surface area (TPSA) is 78.0 Å². The Labute approximate surface area is 211 Å². The molecule has 1 aliphatic rings. The molecule has 0 spiro atoms. The van der Waals surface area contributed by atoms with Crippen molar-refractivity contribution in [3.05, 3.63) is 131 Å². The number of hydrogen-bond acceptors (Lipinski definition) is 3. The van der Waals surface area contributed by atoms with Crippen LogP contribution in [0.2, 0.25) is 0 Å². The predicted molar refractivity (Wildman–Crippen MR) is 137 cm³/mol. The molecule has 3 N–H and O–H groups in total. The van der Waals surface area contributed by atoms with Crippen LogP contribution in [-0.2, 0) is 16.8 Å². The molecular weight excluding hydrogens is 472 g/mol. The van der Waals surface area contributed by atoms with Gasteiger partial charge in [0.1, 0.15) is 11.6 Å². The number of hydrogen-bond donors (Lipinski definition) is 3. The van der Waals surface area contributed by atoms with Crippen LogP contribution in [0.4, 0.5) is 14.5 Å². The largest absolute Gasteiger partial charge is 0.372 e. The third kappa shape index (κ3) is 3.90. The van der Waals surface area contributed by atoms with Crippen molar-refractivity contribution in [2.45, 2.75) is 12.0 Å². The average Bonchev–Trinajstić information content (AvgIpc) is 3.47. The minimum absolute atomic E-state index is 0.187. The van der Waals surface area contributed by atoms with E-state index in [1.165, 1.54) is 12.1 Å². The highest BCUT2D eigenvalue weighted by Crippen LogP contribution is 2.41. The normalized spacial score (nSPS) is 13.5. The molecule has 6 rings (SSSR count). The van der Waals surface area contributed by atoms with Gasteiger partial charge < -0.3 is 10.4 Å². The molecule has 5 nitrogen and oxygen atoms in total. The molecule has 1 aliphatic carbocycles. The van der Waals surface area contributed by atoms with Gasteiger partial charge >= 0.3 is 0 Å². The molecular formula is C30H21F2N3O2. The first-order chi connectivity index (χ1) is 17.9. The highest BCUT2D eigenvalue weighted by atomic mass is 19.1. The van der Waals surface area contributed by atoms with Gasteiger partial charge in [-0.25, -0.2) is 8.78 Å². The Kier molecular flexibility index (Phi) is 5.43. The Morgan fingerprint density at radius 2 is 1.54 bits per heavy atom. The number of H-pyrrole nitrogens is 1. The number of carbonyl (C=O) groups is 1. The lowest BCUT2D eigenvalue weighted by molar-refractivity contribution is -0.131. The molecule has 4 aromatic carbocycles. The van der Waals surface area contributed by atoms with Crippen LogP contribution in [0.25, 0.3) is 22.5 Å². The zero-order valence-electron chi connectivity index (χ0n) is 19.5. The number of benzene rings is 4. The average molecular weight is 494 g/mol. The molecule has 182 valence electrons. The zero-order valence-corrected chi connectivity index (χ0v) is 19.5. The fourth-order valence-corrected chi connectivity index (χ4v) is 4.94. The van der Waals surface area contributed by atoms with Gasteiger partial charge in [-0.3, -0.25) is 9.89 Å². The summed E-state index contributed by atoms with van der Waals surface area (Å²) in [6.07, 6.45) is 0.618. The summed E-state index contributed by atoms with van der Waals surface area (Å²) in [5.41, 5.74) is 3.97. The molecule has 1 atom stereocenters. The molecule has 37 heavy (non-hydrogen) atoms. The highest BCUT2D eigenvalue weighted by Gasteiger charge is 2.41. The molecule has 0 bridgehead atoms. The van der Waals surface area contributed by atoms with Crippen molar-refractivity contribution in [1.82, 2.24) is 10.2 Å². The van der Waals surface area contributed by atoms with E-state index in [9.17, 15) is 18.7 Å². The van der Waals surface area contributed by atoms with Crippen molar-refractivity contribution in [2.24, 2.45) is 0 Å². The van der Waals surface area contributed by atoms with Gasteiger partial charge in [-0.2, -0.15) is 5.10 Å². The van der Waals surface area contributed by atoms with Gasteiger partial charge in [0.05, 0.1) is 11.4 Å². The lowest BCUT2D eigenvalue weighted by Crippen LogP contribution is -2.41. The van der Waals surface area contributed by atoms with Gasteiger partial charge in [0.25, 0.3) is 5.91 Å². The molecule has 0 saturated carbocycles. The van der Waals surface area contributed by atoms with Gasteiger partial charge in [-0.15, -0.1) is 0 Å². The van der Waals surface area contributed by atoms with Crippen molar-refractivity contribution in [3.63, 3.8) is 0 Å². The summed E-state index contributed by atoms with van der Waals surface area (Å²) in [6.45, 7) is 0. The van der Waals surface area contributed by atoms with Crippen LogP contribution in [0.5, 0.6) is 0 Å². The second-order valence-electron chi connectivity index (χ2n) is 9.03. The quantitative estimate of drug-likeness (QED) is 0.284. The van der Waals surface area contributed by atoms with Crippen LogP contribution >= 0.6 is 0 Å². The van der Waals surface area contributed by atoms with E-state index in [-0.39, 0.29) is 11.1 Å². The Balaban J connectivity index is 1.33. The summed E-state index contributed by atoms with van der Waals surface area (Å²) in [5, 5.41) is 22.0. The summed E-state index contributed by atoms with van der Waals surface area (Å²) in [7, 11) is 0. The number of aliphatic hydroxyl groups is 1. The number of aromatic nitrogens is 2. The summed E-state index contributed by atoms with van der Waals surface area (Å²) in [6, 6.07) is 26.0. The highest BCUT2D eigenvalue weighted by molar-refractivity contribution is 6.00. The summed E-state index contributed by atoms with van der Waals surface area (Å²) >= 11 is 0. The van der Waals surface area contributed by atoms with Crippen molar-refractivity contribution >= 4 is 11.6 Å². The second-order valence-corrected chi connectivity index (χ2v) is 9.03. The van der Waals surface area contributed by atoms with Crippen LogP contribution in [-0.4, -0.2) is 21.2 Å². The number of halogens is 2. The minimum atomic E-state index is -2.32. The number of rotatable bonds is 5. The summed E-state index contributed by atoms with van der Waals surface area (Å²) in [4.78, 5) is 13.5. The lowest BCUT2D eigenvalue weighted by Gasteiger charge is -2.28. The second kappa shape index (κ2) is 8.80. The minimum Gasteiger partial charge on any atom is -0.372 e. The first kappa shape index (κ1) is 22.8. The van der Waals surface area contributed by atoms with E-state index in [4.69, 9.17) is 0 Å². The van der Waals surface area contributed by atoms with E-state index in [0.29, 0.717) is 18.2 Å². The SMILES string of the molecule is O=C(Nc1ccc2c(c1)Cc1c(-c3ccccc3)n[nH]c1-2)C(O)(c1ccccc1)c1cc(F)cc(F)c1. The maximum atomic E-state index is 14.1. The number of aromatic amines is 1. The molecule has 5 aromatic rings. The monoisotopic (exact) mass is 493 g/mol. The standard InChI is InChI=1S/C30H21F2N3O2/c31-22-15-21(16-23(32)17-22)30(37,20-9-5-2-6-10-20)29(36)33-24-11-12-25-19(13-24)14-26-27(34-35-28(25)26)18-7-3-1-4-8-18/h1-13,15-17,37H,14H2,(H,33,36)(H,34,35). The molecule has 1 aromatic heterocycles. The number of amides is 1. The maximum Gasteiger partial charge on any atom is 0.265 e. The number of nitrogens with zero attached hydrogens (tertiary/aromatic N) is 1. The Bertz CT molecular complexity index is 1610. The summed E-state index contributed by atoms with van der Waals surface area (Å²) in [5.74, 6) is -2.61. The molecule has 0 fully saturated rings. The van der Waals surface area contributed by atoms with Gasteiger partial charge in [-0.1, -0.05) is 66.7 Å². The first-order valence-corrected chi connectivity index (χ1v) is 11.8. The molecule has 1 unspecified atom stereocenters. The van der Waals surface area contributed by atoms with Crippen molar-refractivity contribution in [1.29, 1.82) is 0 Å². The van der Waals surface area contributed by atoms with E-state index in [0.717, 1.165) is 45.8 Å². The third-order valence-corrected chi connectivity index (χ3v) is 6.71. The van der Waals surface area contributed by atoms with Gasteiger partial charge in [-0.05, 0) is 35.4 Å². The fraction of sp³-hybridized carbons (Fsp3) is 0.0667. The number of fused-ring (bicyclic) bond motifs is 3. The van der Waals surface area contributed by atoms with Crippen LogP contribution in [0, 0.1) is 11.6 Å². The lowest BCUT2D eigenvalue weighted by atomic mass is 9.85. The molecule has 1 amide bonds. The Morgan fingerprint density at radius 1 is 0.865 bits per heavy atom. The predicted octanol–water partition coefficient (Wildman–Crippen LogP) is 5.80. The van der Waals surface area contributed by atoms with Gasteiger partial charge in [0.15, 0.2) is 5.60 Å². The van der Waals surface area contributed by atoms with Crippen LogP contribution in [0.1, 0.15) is 22.3 Å². The van der Waals surface area contributed by atoms with Crippen molar-refractivity contribution < 1.29 is 18.7 Å². The first-order valence-electron chi connectivity index (χ1n) is 11.8. The van der Waals surface area contributed by atoms with E-state index in [2.05, 4.69) is 15.5 Å². The smallest absolute Gasteiger partial charge is 0.265 e. The zero-order chi connectivity index (χ0) is 25.6. The van der Waals surface area contributed by atoms with E-state index in [1.54, 1.807) is 24.3 Å². The molecule has 0 saturated heterocycles. The third-order valence-electron chi connectivity index (χ3n) is 6.71. The van der Waals surface area contributed by atoms with Crippen molar-refractivity contribution in [3.8, 4) is 22.5 Å². The molecule has 0 aliphatic heterocycles. The van der Waals surface area contributed by atoms with E-state index >= 15 is 0 Å². The van der Waals surface area contributed by atoms with Crippen molar-refractivity contribution in [2.75, 3.05) is 5.32 Å². The number of carbonyl (C=O) groups excluding carboxylic acids is 1. The van der Waals surface area contributed by atoms with E-state index in [1.807, 2.05) is 42.5 Å². The van der Waals surface area contributed by atoms with Crippen LogP contribution < -0.4 is 5.32 Å². The Morgan fingerprint density at radius 3 is 2.24 bits per heavy atom. The van der Waals surface area contributed by atoms with E-state index < -0.39 is 23.1 Å².